The van der Waals surface area contributed by atoms with Crippen molar-refractivity contribution < 1.29 is 0 Å². The molecule has 0 unspecified atom stereocenters. The maximum atomic E-state index is 11.9. The largest absolute Gasteiger partial charge is 0.308 e. The molecule has 0 spiro atoms. The van der Waals surface area contributed by atoms with Gasteiger partial charge in [0, 0.05) is 50.3 Å². The number of rotatable bonds is 4. The highest BCUT2D eigenvalue weighted by Crippen LogP contribution is 2.45. The average Bonchev–Trinajstić information content (AvgIpc) is 3.94. The number of hydrogen-bond acceptors (Lipinski definition) is 3. The quantitative estimate of drug-likeness (QED) is 0.177. The van der Waals surface area contributed by atoms with E-state index in [2.05, 4.69) is 234 Å². The van der Waals surface area contributed by atoms with Crippen molar-refractivity contribution in [3.05, 3.63) is 174 Å². The minimum Gasteiger partial charge on any atom is -0.308 e. The topological polar surface area (TPSA) is 64.4 Å². The van der Waals surface area contributed by atoms with E-state index in [-0.39, 0.29) is 21.7 Å². The van der Waals surface area contributed by atoms with Gasteiger partial charge in [0.25, 0.3) is 0 Å². The summed E-state index contributed by atoms with van der Waals surface area (Å²) in [6.07, 6.45) is 7.62. The molecular weight excluding hydrogens is 841 g/mol. The first-order valence-corrected chi connectivity index (χ1v) is 24.3. The first-order chi connectivity index (χ1) is 32.7. The summed E-state index contributed by atoms with van der Waals surface area (Å²) >= 11 is 0. The number of nitriles is 1. The van der Waals surface area contributed by atoms with Gasteiger partial charge in [-0.05, 0) is 128 Å². The molecule has 0 N–H and O–H groups in total. The van der Waals surface area contributed by atoms with E-state index in [0.717, 1.165) is 72.1 Å². The van der Waals surface area contributed by atoms with E-state index in [9.17, 15) is 5.26 Å². The molecule has 6 nitrogen and oxygen atoms in total. The van der Waals surface area contributed by atoms with Crippen LogP contribution in [-0.2, 0) is 21.7 Å². The Kier molecular flexibility index (Phi) is 9.74. The molecule has 5 heterocycles. The second-order valence-electron chi connectivity index (χ2n) is 23.2. The van der Waals surface area contributed by atoms with Gasteiger partial charge in [-0.2, -0.15) is 5.26 Å². The lowest BCUT2D eigenvalue weighted by Gasteiger charge is -2.22. The Morgan fingerprint density at radius 2 is 0.725 bits per heavy atom. The molecule has 0 amide bonds. The van der Waals surface area contributed by atoms with E-state index in [0.29, 0.717) is 5.56 Å². The van der Waals surface area contributed by atoms with Crippen LogP contribution in [-0.4, -0.2) is 23.7 Å². The van der Waals surface area contributed by atoms with Crippen LogP contribution in [0, 0.1) is 11.3 Å². The number of benzene rings is 6. The van der Waals surface area contributed by atoms with Gasteiger partial charge >= 0.3 is 0 Å². The van der Waals surface area contributed by atoms with Crippen molar-refractivity contribution in [3.63, 3.8) is 0 Å². The lowest BCUT2D eigenvalue weighted by molar-refractivity contribution is 0.590. The third kappa shape index (κ3) is 7.04. The number of pyridine rings is 2. The standard InChI is InChI=1S/C63H60N6/c1-60(2,3)39-17-21-52-46(31-39)47-32-40(61(4,5)6)18-22-53(47)67(52)56-29-38(43-15-13-14-16-51(43)69-58-36-65-27-25-44(58)45-26-28-66-37-59(45)69)30-57(50(56)35-64)68-54-23-19-41(62(7,8)9)33-48(54)49-34-42(63(10,11)12)20-24-55(49)68/h13-34,36-37H,1-12H3. The van der Waals surface area contributed by atoms with Crippen LogP contribution in [0.25, 0.3) is 93.6 Å². The highest BCUT2D eigenvalue weighted by atomic mass is 15.0. The second kappa shape index (κ2) is 15.3. The summed E-state index contributed by atoms with van der Waals surface area (Å²) in [6.45, 7) is 27.3. The molecule has 11 aromatic rings. The lowest BCUT2D eigenvalue weighted by Crippen LogP contribution is -2.11. The zero-order valence-electron chi connectivity index (χ0n) is 42.0. The van der Waals surface area contributed by atoms with Gasteiger partial charge in [-0.25, -0.2) is 0 Å². The van der Waals surface area contributed by atoms with Gasteiger partial charge in [-0.3, -0.25) is 9.97 Å². The van der Waals surface area contributed by atoms with Crippen LogP contribution in [0.1, 0.15) is 111 Å². The first kappa shape index (κ1) is 44.0. The summed E-state index contributed by atoms with van der Waals surface area (Å²) in [5.74, 6) is 0. The van der Waals surface area contributed by atoms with Crippen molar-refractivity contribution in [2.24, 2.45) is 0 Å². The van der Waals surface area contributed by atoms with Gasteiger partial charge in [-0.1, -0.05) is 126 Å². The Hall–Kier alpha value is -7.49. The second-order valence-corrected chi connectivity index (χ2v) is 23.2. The zero-order chi connectivity index (χ0) is 48.5. The minimum absolute atomic E-state index is 0.0625. The van der Waals surface area contributed by atoms with Gasteiger partial charge in [-0.15, -0.1) is 0 Å². The van der Waals surface area contributed by atoms with Crippen molar-refractivity contribution in [2.45, 2.75) is 105 Å². The molecule has 0 aliphatic carbocycles. The molecule has 0 atom stereocenters. The first-order valence-electron chi connectivity index (χ1n) is 24.3. The maximum Gasteiger partial charge on any atom is 0.104 e. The normalized spacial score (nSPS) is 12.9. The highest BCUT2D eigenvalue weighted by Gasteiger charge is 2.28. The van der Waals surface area contributed by atoms with Crippen molar-refractivity contribution in [1.29, 1.82) is 5.26 Å². The fourth-order valence-electron chi connectivity index (χ4n) is 10.6. The number of nitrogens with zero attached hydrogens (tertiary/aromatic N) is 6. The third-order valence-corrected chi connectivity index (χ3v) is 14.5. The van der Waals surface area contributed by atoms with Crippen LogP contribution in [0.4, 0.5) is 0 Å². The molecule has 11 rings (SSSR count). The Morgan fingerprint density at radius 3 is 1.07 bits per heavy atom. The number of fused-ring (bicyclic) bond motifs is 9. The average molecular weight is 901 g/mol. The SMILES string of the molecule is CC(C)(C)c1ccc2c(c1)c1cc(C(C)(C)C)ccc1n2-c1cc(-c2ccccc2-n2c3cnccc3c3ccncc32)cc(-n2c3ccc(C(C)(C)C)cc3c3cc(C(C)(C)C)ccc32)c1C#N. The van der Waals surface area contributed by atoms with Crippen molar-refractivity contribution in [1.82, 2.24) is 23.7 Å². The predicted molar refractivity (Wildman–Crippen MR) is 290 cm³/mol. The highest BCUT2D eigenvalue weighted by molar-refractivity contribution is 6.13. The maximum absolute atomic E-state index is 11.9. The molecule has 6 heteroatoms. The molecule has 0 aliphatic rings. The molecule has 342 valence electrons. The zero-order valence-corrected chi connectivity index (χ0v) is 42.0. The molecule has 5 aromatic heterocycles. The fourth-order valence-corrected chi connectivity index (χ4v) is 10.6. The van der Waals surface area contributed by atoms with Gasteiger partial charge in [0.2, 0.25) is 0 Å². The molecule has 0 saturated heterocycles. The molecule has 0 saturated carbocycles. The van der Waals surface area contributed by atoms with Crippen LogP contribution in [0.5, 0.6) is 0 Å². The van der Waals surface area contributed by atoms with Gasteiger partial charge in [0.1, 0.15) is 11.6 Å². The van der Waals surface area contributed by atoms with Crippen molar-refractivity contribution in [2.75, 3.05) is 0 Å². The Labute approximate surface area is 405 Å². The van der Waals surface area contributed by atoms with E-state index in [1.165, 1.54) is 43.8 Å². The van der Waals surface area contributed by atoms with Gasteiger partial charge in [0.15, 0.2) is 0 Å². The number of aromatic nitrogens is 5. The number of para-hydroxylation sites is 1. The van der Waals surface area contributed by atoms with E-state index >= 15 is 0 Å². The fraction of sp³-hybridized carbons (Fsp3) is 0.254. The summed E-state index contributed by atoms with van der Waals surface area (Å²) < 4.78 is 7.01. The van der Waals surface area contributed by atoms with E-state index in [1.807, 2.05) is 24.8 Å². The van der Waals surface area contributed by atoms with Gasteiger partial charge < -0.3 is 13.7 Å². The van der Waals surface area contributed by atoms with Crippen LogP contribution >= 0.6 is 0 Å². The smallest absolute Gasteiger partial charge is 0.104 e. The van der Waals surface area contributed by atoms with E-state index < -0.39 is 0 Å². The van der Waals surface area contributed by atoms with Gasteiger partial charge in [0.05, 0.1) is 62.6 Å². The number of hydrogen-bond donors (Lipinski definition) is 0. The lowest BCUT2D eigenvalue weighted by atomic mass is 9.85. The van der Waals surface area contributed by atoms with Crippen LogP contribution in [0.3, 0.4) is 0 Å². The third-order valence-electron chi connectivity index (χ3n) is 14.5. The molecule has 0 aliphatic heterocycles. The summed E-state index contributed by atoms with van der Waals surface area (Å²) in [4.78, 5) is 9.26. The predicted octanol–water partition coefficient (Wildman–Crippen LogP) is 16.5. The molecule has 69 heavy (non-hydrogen) atoms. The van der Waals surface area contributed by atoms with Crippen molar-refractivity contribution in [3.8, 4) is 34.3 Å². The Bertz CT molecular complexity index is 3580. The van der Waals surface area contributed by atoms with Crippen LogP contribution < -0.4 is 0 Å². The Balaban J connectivity index is 1.31. The molecule has 0 bridgehead atoms. The van der Waals surface area contributed by atoms with Crippen molar-refractivity contribution >= 4 is 65.4 Å². The molecule has 0 radical (unpaired) electrons. The Morgan fingerprint density at radius 1 is 0.377 bits per heavy atom. The summed E-state index contributed by atoms with van der Waals surface area (Å²) in [5, 5.41) is 18.8. The molecule has 6 aromatic carbocycles. The minimum atomic E-state index is -0.0625. The monoisotopic (exact) mass is 900 g/mol. The summed E-state index contributed by atoms with van der Waals surface area (Å²) in [7, 11) is 0. The summed E-state index contributed by atoms with van der Waals surface area (Å²) in [6, 6.07) is 47.8. The van der Waals surface area contributed by atoms with E-state index in [4.69, 9.17) is 0 Å². The van der Waals surface area contributed by atoms with Crippen LogP contribution in [0.15, 0.2) is 146 Å². The van der Waals surface area contributed by atoms with E-state index in [1.54, 1.807) is 0 Å². The van der Waals surface area contributed by atoms with Crippen LogP contribution in [0.2, 0.25) is 0 Å². The summed E-state index contributed by atoms with van der Waals surface area (Å²) in [5.41, 5.74) is 16.3. The molecule has 0 fully saturated rings. The molecular formula is C63H60N6.